The van der Waals surface area contributed by atoms with Crippen molar-refractivity contribution in [1.29, 1.82) is 0 Å². The van der Waals surface area contributed by atoms with Crippen molar-refractivity contribution < 1.29 is 4.79 Å². The molecule has 0 aromatic carbocycles. The van der Waals surface area contributed by atoms with E-state index in [2.05, 4.69) is 25.3 Å². The minimum atomic E-state index is 0.160. The third-order valence-corrected chi connectivity index (χ3v) is 2.50. The van der Waals surface area contributed by atoms with Crippen molar-refractivity contribution in [2.45, 2.75) is 41.2 Å². The molecule has 0 radical (unpaired) electrons. The van der Waals surface area contributed by atoms with E-state index in [0.717, 1.165) is 17.8 Å². The van der Waals surface area contributed by atoms with Gasteiger partial charge in [0.15, 0.2) is 5.78 Å². The number of ketones is 1. The second-order valence-corrected chi connectivity index (χ2v) is 4.35. The molecule has 2 nitrogen and oxygen atoms in total. The Morgan fingerprint density at radius 2 is 2.00 bits per heavy atom. The highest BCUT2D eigenvalue weighted by Crippen LogP contribution is 2.17. The first-order valence-corrected chi connectivity index (χ1v) is 5.11. The van der Waals surface area contributed by atoms with Crippen LogP contribution in [0.5, 0.6) is 0 Å². The summed E-state index contributed by atoms with van der Waals surface area (Å²) in [4.78, 5) is 11.3. The molecule has 1 rings (SSSR count). The average Bonchev–Trinajstić information content (AvgIpc) is 2.31. The SMILES string of the molecule is CC(=O)c1cc(C)n(CC(C)C)c1C. The van der Waals surface area contributed by atoms with Gasteiger partial charge in [-0.3, -0.25) is 4.79 Å². The fourth-order valence-electron chi connectivity index (χ4n) is 1.80. The van der Waals surface area contributed by atoms with Crippen LogP contribution in [0.4, 0.5) is 0 Å². The summed E-state index contributed by atoms with van der Waals surface area (Å²) in [5, 5.41) is 0. The van der Waals surface area contributed by atoms with Gasteiger partial charge in [0.2, 0.25) is 0 Å². The van der Waals surface area contributed by atoms with Crippen molar-refractivity contribution in [3.63, 3.8) is 0 Å². The maximum absolute atomic E-state index is 11.3. The maximum atomic E-state index is 11.3. The van der Waals surface area contributed by atoms with Gasteiger partial charge in [-0.05, 0) is 32.8 Å². The molecule has 0 spiro atoms. The van der Waals surface area contributed by atoms with Crippen molar-refractivity contribution >= 4 is 5.78 Å². The monoisotopic (exact) mass is 193 g/mol. The Hall–Kier alpha value is -1.05. The van der Waals surface area contributed by atoms with E-state index < -0.39 is 0 Å². The van der Waals surface area contributed by atoms with E-state index in [1.807, 2.05) is 13.0 Å². The Balaban J connectivity index is 3.11. The molecule has 78 valence electrons. The van der Waals surface area contributed by atoms with E-state index in [-0.39, 0.29) is 5.78 Å². The molecule has 2 heteroatoms. The molecule has 0 aliphatic carbocycles. The fraction of sp³-hybridized carbons (Fsp3) is 0.583. The quantitative estimate of drug-likeness (QED) is 0.676. The number of carbonyl (C=O) groups is 1. The van der Waals surface area contributed by atoms with Gasteiger partial charge in [0.25, 0.3) is 0 Å². The number of nitrogens with zero attached hydrogens (tertiary/aromatic N) is 1. The molecule has 1 aromatic rings. The van der Waals surface area contributed by atoms with Crippen LogP contribution in [0.2, 0.25) is 0 Å². The van der Waals surface area contributed by atoms with Gasteiger partial charge in [-0.25, -0.2) is 0 Å². The summed E-state index contributed by atoms with van der Waals surface area (Å²) in [7, 11) is 0. The minimum Gasteiger partial charge on any atom is -0.348 e. The van der Waals surface area contributed by atoms with E-state index in [0.29, 0.717) is 5.92 Å². The fourth-order valence-corrected chi connectivity index (χ4v) is 1.80. The number of carbonyl (C=O) groups excluding carboxylic acids is 1. The van der Waals surface area contributed by atoms with Crippen LogP contribution in [0.3, 0.4) is 0 Å². The number of hydrogen-bond acceptors (Lipinski definition) is 1. The van der Waals surface area contributed by atoms with Crippen molar-refractivity contribution in [2.75, 3.05) is 0 Å². The van der Waals surface area contributed by atoms with E-state index in [1.54, 1.807) is 6.92 Å². The van der Waals surface area contributed by atoms with E-state index in [1.165, 1.54) is 5.69 Å². The van der Waals surface area contributed by atoms with Gasteiger partial charge < -0.3 is 4.57 Å². The lowest BCUT2D eigenvalue weighted by atomic mass is 10.2. The van der Waals surface area contributed by atoms with Crippen LogP contribution in [0.25, 0.3) is 0 Å². The van der Waals surface area contributed by atoms with Gasteiger partial charge in [-0.15, -0.1) is 0 Å². The molecule has 0 aliphatic rings. The molecule has 0 unspecified atom stereocenters. The Morgan fingerprint density at radius 3 is 2.36 bits per heavy atom. The smallest absolute Gasteiger partial charge is 0.161 e. The molecule has 0 saturated carbocycles. The molecule has 1 aromatic heterocycles. The van der Waals surface area contributed by atoms with E-state index in [4.69, 9.17) is 0 Å². The summed E-state index contributed by atoms with van der Waals surface area (Å²) in [5.41, 5.74) is 3.15. The minimum absolute atomic E-state index is 0.160. The highest BCUT2D eigenvalue weighted by molar-refractivity contribution is 5.95. The van der Waals surface area contributed by atoms with Gasteiger partial charge in [0.1, 0.15) is 0 Å². The highest BCUT2D eigenvalue weighted by Gasteiger charge is 2.12. The first kappa shape index (κ1) is 11.0. The molecule has 14 heavy (non-hydrogen) atoms. The maximum Gasteiger partial charge on any atom is 0.161 e. The standard InChI is InChI=1S/C12H19NO/c1-8(2)7-13-9(3)6-12(10(13)4)11(5)14/h6,8H,7H2,1-5H3. The zero-order valence-corrected chi connectivity index (χ0v) is 9.72. The summed E-state index contributed by atoms with van der Waals surface area (Å²) >= 11 is 0. The van der Waals surface area contributed by atoms with E-state index >= 15 is 0 Å². The van der Waals surface area contributed by atoms with Crippen LogP contribution in [0.1, 0.15) is 42.5 Å². The van der Waals surface area contributed by atoms with Crippen LogP contribution in [0.15, 0.2) is 6.07 Å². The van der Waals surface area contributed by atoms with Gasteiger partial charge in [-0.2, -0.15) is 0 Å². The summed E-state index contributed by atoms with van der Waals surface area (Å²) in [5.74, 6) is 0.771. The number of rotatable bonds is 3. The number of aryl methyl sites for hydroxylation is 1. The van der Waals surface area contributed by atoms with Crippen LogP contribution in [-0.2, 0) is 6.54 Å². The molecule has 0 N–H and O–H groups in total. The molecular formula is C12H19NO. The van der Waals surface area contributed by atoms with Crippen LogP contribution in [0, 0.1) is 19.8 Å². The lowest BCUT2D eigenvalue weighted by molar-refractivity contribution is 0.101. The molecule has 0 bridgehead atoms. The Kier molecular flexibility index (Phi) is 3.14. The number of hydrogen-bond donors (Lipinski definition) is 0. The van der Waals surface area contributed by atoms with E-state index in [9.17, 15) is 4.79 Å². The second-order valence-electron chi connectivity index (χ2n) is 4.35. The largest absolute Gasteiger partial charge is 0.348 e. The summed E-state index contributed by atoms with van der Waals surface area (Å²) in [6, 6.07) is 1.99. The second kappa shape index (κ2) is 3.99. The first-order valence-electron chi connectivity index (χ1n) is 5.11. The van der Waals surface area contributed by atoms with Gasteiger partial charge >= 0.3 is 0 Å². The topological polar surface area (TPSA) is 22.0 Å². The molecule has 0 atom stereocenters. The van der Waals surface area contributed by atoms with Crippen LogP contribution in [-0.4, -0.2) is 10.4 Å². The van der Waals surface area contributed by atoms with Crippen molar-refractivity contribution in [3.05, 3.63) is 23.0 Å². The first-order chi connectivity index (χ1) is 6.43. The Bertz CT molecular complexity index is 347. The molecule has 0 amide bonds. The Morgan fingerprint density at radius 1 is 1.43 bits per heavy atom. The highest BCUT2D eigenvalue weighted by atomic mass is 16.1. The number of aromatic nitrogens is 1. The predicted octanol–water partition coefficient (Wildman–Crippen LogP) is 2.96. The third-order valence-electron chi connectivity index (χ3n) is 2.50. The lowest BCUT2D eigenvalue weighted by Crippen LogP contribution is -2.08. The zero-order chi connectivity index (χ0) is 10.9. The molecular weight excluding hydrogens is 174 g/mol. The van der Waals surface area contributed by atoms with Crippen LogP contribution >= 0.6 is 0 Å². The predicted molar refractivity (Wildman–Crippen MR) is 58.7 cm³/mol. The summed E-state index contributed by atoms with van der Waals surface area (Å²) in [6.07, 6.45) is 0. The molecule has 0 aliphatic heterocycles. The molecule has 1 heterocycles. The van der Waals surface area contributed by atoms with Crippen LogP contribution < -0.4 is 0 Å². The molecule has 0 fully saturated rings. The average molecular weight is 193 g/mol. The molecule has 0 saturated heterocycles. The van der Waals surface area contributed by atoms with Gasteiger partial charge in [0.05, 0.1) is 0 Å². The van der Waals surface area contributed by atoms with Gasteiger partial charge in [-0.1, -0.05) is 13.8 Å². The number of Topliss-reactive ketones (excluding diaryl/α,β-unsaturated/α-hetero) is 1. The third kappa shape index (κ3) is 2.06. The normalized spacial score (nSPS) is 11.0. The van der Waals surface area contributed by atoms with Gasteiger partial charge in [0, 0.05) is 23.5 Å². The van der Waals surface area contributed by atoms with Crippen molar-refractivity contribution in [3.8, 4) is 0 Å². The summed E-state index contributed by atoms with van der Waals surface area (Å²) in [6.45, 7) is 11.1. The van der Waals surface area contributed by atoms with Crippen molar-refractivity contribution in [1.82, 2.24) is 4.57 Å². The lowest BCUT2D eigenvalue weighted by Gasteiger charge is -2.11. The Labute approximate surface area is 85.9 Å². The zero-order valence-electron chi connectivity index (χ0n) is 9.72. The summed E-state index contributed by atoms with van der Waals surface area (Å²) < 4.78 is 2.22. The van der Waals surface area contributed by atoms with Crippen molar-refractivity contribution in [2.24, 2.45) is 5.92 Å².